The van der Waals surface area contributed by atoms with Gasteiger partial charge < -0.3 is 10.6 Å². The summed E-state index contributed by atoms with van der Waals surface area (Å²) >= 11 is 0. The number of pyridine rings is 1. The SMILES string of the molecule is CN(CC1CCCCC1)c1ncccc1N. The Labute approximate surface area is 97.7 Å². The predicted octanol–water partition coefficient (Wildman–Crippen LogP) is 2.68. The number of hydrogen-bond donors (Lipinski definition) is 1. The van der Waals surface area contributed by atoms with Crippen LogP contribution in [-0.4, -0.2) is 18.6 Å². The van der Waals surface area contributed by atoms with Crippen LogP contribution in [-0.2, 0) is 0 Å². The van der Waals surface area contributed by atoms with E-state index in [1.54, 1.807) is 0 Å². The van der Waals surface area contributed by atoms with Crippen LogP contribution in [0, 0.1) is 5.92 Å². The van der Waals surface area contributed by atoms with E-state index in [-0.39, 0.29) is 0 Å². The van der Waals surface area contributed by atoms with E-state index in [2.05, 4.69) is 16.9 Å². The average Bonchev–Trinajstić information content (AvgIpc) is 2.31. The second-order valence-electron chi connectivity index (χ2n) is 4.80. The van der Waals surface area contributed by atoms with Crippen LogP contribution in [0.2, 0.25) is 0 Å². The van der Waals surface area contributed by atoms with Gasteiger partial charge >= 0.3 is 0 Å². The zero-order valence-electron chi connectivity index (χ0n) is 10.0. The third-order valence-electron chi connectivity index (χ3n) is 3.44. The van der Waals surface area contributed by atoms with Gasteiger partial charge in [-0.3, -0.25) is 0 Å². The molecule has 0 bridgehead atoms. The molecule has 2 rings (SSSR count). The molecule has 88 valence electrons. The molecule has 1 aromatic heterocycles. The maximum Gasteiger partial charge on any atom is 0.151 e. The maximum atomic E-state index is 5.92. The van der Waals surface area contributed by atoms with Gasteiger partial charge in [0.15, 0.2) is 5.82 Å². The van der Waals surface area contributed by atoms with Crippen LogP contribution in [0.15, 0.2) is 18.3 Å². The van der Waals surface area contributed by atoms with Crippen molar-refractivity contribution in [1.29, 1.82) is 0 Å². The first-order valence-corrected chi connectivity index (χ1v) is 6.19. The molecule has 3 heteroatoms. The summed E-state index contributed by atoms with van der Waals surface area (Å²) < 4.78 is 0. The van der Waals surface area contributed by atoms with Gasteiger partial charge in [0.05, 0.1) is 5.69 Å². The van der Waals surface area contributed by atoms with E-state index in [0.717, 1.165) is 24.0 Å². The van der Waals surface area contributed by atoms with Gasteiger partial charge in [-0.2, -0.15) is 0 Å². The summed E-state index contributed by atoms with van der Waals surface area (Å²) in [6, 6.07) is 3.80. The number of nitrogens with two attached hydrogens (primary N) is 1. The molecule has 0 amide bonds. The summed E-state index contributed by atoms with van der Waals surface area (Å²) in [4.78, 5) is 6.54. The highest BCUT2D eigenvalue weighted by Crippen LogP contribution is 2.26. The molecular formula is C13H21N3. The van der Waals surface area contributed by atoms with Crippen molar-refractivity contribution in [2.24, 2.45) is 5.92 Å². The summed E-state index contributed by atoms with van der Waals surface area (Å²) in [6.45, 7) is 1.08. The summed E-state index contributed by atoms with van der Waals surface area (Å²) in [5.41, 5.74) is 6.70. The Balaban J connectivity index is 1.96. The number of hydrogen-bond acceptors (Lipinski definition) is 3. The number of rotatable bonds is 3. The van der Waals surface area contributed by atoms with E-state index in [9.17, 15) is 0 Å². The zero-order valence-corrected chi connectivity index (χ0v) is 10.0. The molecule has 2 N–H and O–H groups in total. The van der Waals surface area contributed by atoms with Crippen molar-refractivity contribution >= 4 is 11.5 Å². The lowest BCUT2D eigenvalue weighted by atomic mass is 9.89. The van der Waals surface area contributed by atoms with E-state index >= 15 is 0 Å². The molecule has 0 spiro atoms. The quantitative estimate of drug-likeness (QED) is 0.850. The molecule has 0 aromatic carbocycles. The fraction of sp³-hybridized carbons (Fsp3) is 0.615. The van der Waals surface area contributed by atoms with Crippen LogP contribution in [0.25, 0.3) is 0 Å². The van der Waals surface area contributed by atoms with Crippen molar-refractivity contribution in [1.82, 2.24) is 4.98 Å². The van der Waals surface area contributed by atoms with Gasteiger partial charge in [-0.05, 0) is 30.9 Å². The van der Waals surface area contributed by atoms with Crippen LogP contribution in [0.1, 0.15) is 32.1 Å². The Hall–Kier alpha value is -1.25. The Morgan fingerprint density at radius 1 is 1.38 bits per heavy atom. The van der Waals surface area contributed by atoms with Crippen LogP contribution >= 0.6 is 0 Å². The van der Waals surface area contributed by atoms with E-state index < -0.39 is 0 Å². The lowest BCUT2D eigenvalue weighted by Gasteiger charge is -2.28. The standard InChI is InChI=1S/C13H21N3/c1-16(10-11-6-3-2-4-7-11)13-12(14)8-5-9-15-13/h5,8-9,11H,2-4,6-7,10,14H2,1H3. The molecule has 1 heterocycles. The molecule has 0 aliphatic heterocycles. The van der Waals surface area contributed by atoms with Crippen LogP contribution in [0.5, 0.6) is 0 Å². The van der Waals surface area contributed by atoms with Crippen molar-refractivity contribution in [3.63, 3.8) is 0 Å². The molecule has 1 fully saturated rings. The predicted molar refractivity (Wildman–Crippen MR) is 68.5 cm³/mol. The second kappa shape index (κ2) is 5.19. The Kier molecular flexibility index (Phi) is 3.65. The summed E-state index contributed by atoms with van der Waals surface area (Å²) in [7, 11) is 2.09. The first kappa shape index (κ1) is 11.2. The van der Waals surface area contributed by atoms with E-state index in [0.29, 0.717) is 0 Å². The highest BCUT2D eigenvalue weighted by molar-refractivity contribution is 5.61. The molecule has 1 aliphatic carbocycles. The average molecular weight is 219 g/mol. The molecule has 1 saturated carbocycles. The first-order chi connectivity index (χ1) is 7.77. The first-order valence-electron chi connectivity index (χ1n) is 6.19. The van der Waals surface area contributed by atoms with E-state index in [4.69, 9.17) is 5.73 Å². The van der Waals surface area contributed by atoms with Crippen LogP contribution in [0.4, 0.5) is 11.5 Å². The number of anilines is 2. The van der Waals surface area contributed by atoms with Gasteiger partial charge in [0.1, 0.15) is 0 Å². The monoisotopic (exact) mass is 219 g/mol. The molecule has 0 unspecified atom stereocenters. The topological polar surface area (TPSA) is 42.2 Å². The summed E-state index contributed by atoms with van der Waals surface area (Å²) in [5.74, 6) is 1.74. The van der Waals surface area contributed by atoms with Gasteiger partial charge in [0.25, 0.3) is 0 Å². The largest absolute Gasteiger partial charge is 0.396 e. The number of nitrogen functional groups attached to an aromatic ring is 1. The van der Waals surface area contributed by atoms with Gasteiger partial charge in [-0.1, -0.05) is 19.3 Å². The Morgan fingerprint density at radius 3 is 2.81 bits per heavy atom. The third kappa shape index (κ3) is 2.65. The van der Waals surface area contributed by atoms with Gasteiger partial charge in [-0.15, -0.1) is 0 Å². The van der Waals surface area contributed by atoms with Crippen molar-refractivity contribution in [2.45, 2.75) is 32.1 Å². The molecule has 1 aliphatic rings. The van der Waals surface area contributed by atoms with Gasteiger partial charge in [0.2, 0.25) is 0 Å². The summed E-state index contributed by atoms with van der Waals surface area (Å²) in [5, 5.41) is 0. The molecule has 0 atom stereocenters. The van der Waals surface area contributed by atoms with Crippen molar-refractivity contribution in [3.8, 4) is 0 Å². The van der Waals surface area contributed by atoms with Crippen molar-refractivity contribution in [2.75, 3.05) is 24.2 Å². The van der Waals surface area contributed by atoms with Crippen LogP contribution < -0.4 is 10.6 Å². The maximum absolute atomic E-state index is 5.92. The number of aromatic nitrogens is 1. The molecule has 1 aromatic rings. The molecule has 0 radical (unpaired) electrons. The minimum absolute atomic E-state index is 0.779. The lowest BCUT2D eigenvalue weighted by Crippen LogP contribution is -2.28. The zero-order chi connectivity index (χ0) is 11.4. The Morgan fingerprint density at radius 2 is 2.12 bits per heavy atom. The second-order valence-corrected chi connectivity index (χ2v) is 4.80. The lowest BCUT2D eigenvalue weighted by molar-refractivity contribution is 0.361. The summed E-state index contributed by atoms with van der Waals surface area (Å²) in [6.07, 6.45) is 8.70. The van der Waals surface area contributed by atoms with Gasteiger partial charge in [-0.25, -0.2) is 4.98 Å². The smallest absolute Gasteiger partial charge is 0.151 e. The highest BCUT2D eigenvalue weighted by atomic mass is 15.2. The molecule has 16 heavy (non-hydrogen) atoms. The van der Waals surface area contributed by atoms with Crippen molar-refractivity contribution < 1.29 is 0 Å². The molecule has 3 nitrogen and oxygen atoms in total. The van der Waals surface area contributed by atoms with E-state index in [1.807, 2.05) is 18.3 Å². The third-order valence-corrected chi connectivity index (χ3v) is 3.44. The Bertz CT molecular complexity index is 332. The minimum Gasteiger partial charge on any atom is -0.396 e. The van der Waals surface area contributed by atoms with E-state index in [1.165, 1.54) is 32.1 Å². The number of nitrogens with zero attached hydrogens (tertiary/aromatic N) is 2. The fourth-order valence-electron chi connectivity index (χ4n) is 2.57. The van der Waals surface area contributed by atoms with Crippen LogP contribution in [0.3, 0.4) is 0 Å². The van der Waals surface area contributed by atoms with Crippen molar-refractivity contribution in [3.05, 3.63) is 18.3 Å². The van der Waals surface area contributed by atoms with Gasteiger partial charge in [0, 0.05) is 19.8 Å². The molecular weight excluding hydrogens is 198 g/mol. The highest BCUT2D eigenvalue weighted by Gasteiger charge is 2.16. The fourth-order valence-corrected chi connectivity index (χ4v) is 2.57. The molecule has 0 saturated heterocycles. The minimum atomic E-state index is 0.779. The normalized spacial score (nSPS) is 17.3.